The Balaban J connectivity index is 1.36. The zero-order chi connectivity index (χ0) is 24.7. The van der Waals surface area contributed by atoms with Crippen molar-refractivity contribution in [2.45, 2.75) is 90.5 Å². The second-order valence-corrected chi connectivity index (χ2v) is 11.4. The van der Waals surface area contributed by atoms with Crippen LogP contribution in [0.4, 0.5) is 13.2 Å². The zero-order valence-corrected chi connectivity index (χ0v) is 22.6. The van der Waals surface area contributed by atoms with Crippen molar-refractivity contribution >= 4 is 15.9 Å². The first-order valence-electron chi connectivity index (χ1n) is 13.1. The molecule has 2 aliphatic rings. The Morgan fingerprint density at radius 3 is 2.32 bits per heavy atom. The largest absolute Gasteiger partial charge is 0.491 e. The summed E-state index contributed by atoms with van der Waals surface area (Å²) in [5.41, 5.74) is 1.33. The lowest BCUT2D eigenvalue weighted by Crippen LogP contribution is -2.43. The molecule has 0 radical (unpaired) electrons. The van der Waals surface area contributed by atoms with Gasteiger partial charge in [-0.05, 0) is 127 Å². The SMILES string of the molecule is CCN(CC(F)(F)F)C1CCC(CCN2CCC(Cc3cc(OC(C)C)ccc3Br)CC2)CC1. The van der Waals surface area contributed by atoms with Crippen LogP contribution in [0.25, 0.3) is 0 Å². The zero-order valence-electron chi connectivity index (χ0n) is 21.0. The standard InChI is InChI=1S/C27H42BrF3N2O/c1-4-33(19-27(29,30)31)24-7-5-21(6-8-24)11-14-32-15-12-22(13-16-32)17-23-18-25(34-20(2)3)9-10-26(23)28/h9-10,18,20-22,24H,4-8,11-17,19H2,1-3H3. The number of hydrogen-bond donors (Lipinski definition) is 0. The van der Waals surface area contributed by atoms with E-state index in [1.54, 1.807) is 4.90 Å². The predicted molar refractivity (Wildman–Crippen MR) is 136 cm³/mol. The van der Waals surface area contributed by atoms with Gasteiger partial charge in [-0.15, -0.1) is 0 Å². The summed E-state index contributed by atoms with van der Waals surface area (Å²) in [4.78, 5) is 4.22. The Morgan fingerprint density at radius 1 is 1.06 bits per heavy atom. The van der Waals surface area contributed by atoms with Crippen molar-refractivity contribution in [2.75, 3.05) is 32.7 Å². The van der Waals surface area contributed by atoms with Crippen LogP contribution in [0.15, 0.2) is 22.7 Å². The van der Waals surface area contributed by atoms with E-state index in [9.17, 15) is 13.2 Å². The van der Waals surface area contributed by atoms with Crippen LogP contribution in [0.2, 0.25) is 0 Å². The normalized spacial score (nSPS) is 23.1. The maximum absolute atomic E-state index is 12.8. The Labute approximate surface area is 212 Å². The predicted octanol–water partition coefficient (Wildman–Crippen LogP) is 7.32. The maximum Gasteiger partial charge on any atom is 0.401 e. The molecule has 0 atom stereocenters. The topological polar surface area (TPSA) is 15.7 Å². The van der Waals surface area contributed by atoms with E-state index >= 15 is 0 Å². The number of alkyl halides is 3. The summed E-state index contributed by atoms with van der Waals surface area (Å²) in [6.45, 7) is 9.09. The molecule has 34 heavy (non-hydrogen) atoms. The minimum absolute atomic E-state index is 0.0994. The van der Waals surface area contributed by atoms with Gasteiger partial charge in [0.2, 0.25) is 0 Å². The van der Waals surface area contributed by atoms with Gasteiger partial charge in [-0.2, -0.15) is 13.2 Å². The van der Waals surface area contributed by atoms with Crippen LogP contribution in [-0.4, -0.2) is 60.8 Å². The highest BCUT2D eigenvalue weighted by atomic mass is 79.9. The molecule has 0 amide bonds. The first-order chi connectivity index (χ1) is 16.1. The summed E-state index contributed by atoms with van der Waals surface area (Å²) in [5, 5.41) is 0. The fourth-order valence-corrected chi connectivity index (χ4v) is 6.08. The molecule has 1 saturated heterocycles. The van der Waals surface area contributed by atoms with Gasteiger partial charge < -0.3 is 9.64 Å². The Bertz CT molecular complexity index is 742. The van der Waals surface area contributed by atoms with Crippen molar-refractivity contribution in [3.8, 4) is 5.75 Å². The second kappa shape index (κ2) is 13.0. The van der Waals surface area contributed by atoms with Gasteiger partial charge in [-0.1, -0.05) is 22.9 Å². The van der Waals surface area contributed by atoms with Crippen molar-refractivity contribution in [3.05, 3.63) is 28.2 Å². The van der Waals surface area contributed by atoms with Crippen LogP contribution >= 0.6 is 15.9 Å². The molecule has 3 nitrogen and oxygen atoms in total. The fourth-order valence-electron chi connectivity index (χ4n) is 5.67. The summed E-state index contributed by atoms with van der Waals surface area (Å²) in [6.07, 6.45) is 4.74. The average Bonchev–Trinajstić information content (AvgIpc) is 2.79. The lowest BCUT2D eigenvalue weighted by molar-refractivity contribution is -0.152. The van der Waals surface area contributed by atoms with E-state index in [0.717, 1.165) is 57.5 Å². The van der Waals surface area contributed by atoms with Gasteiger partial charge in [0.05, 0.1) is 12.6 Å². The first-order valence-corrected chi connectivity index (χ1v) is 13.9. The van der Waals surface area contributed by atoms with Gasteiger partial charge in [-0.25, -0.2) is 0 Å². The smallest absolute Gasteiger partial charge is 0.401 e. The number of ether oxygens (including phenoxy) is 1. The number of piperidine rings is 1. The highest BCUT2D eigenvalue weighted by Crippen LogP contribution is 2.33. The molecule has 0 spiro atoms. The third-order valence-electron chi connectivity index (χ3n) is 7.58. The van der Waals surface area contributed by atoms with Gasteiger partial charge >= 0.3 is 6.18 Å². The van der Waals surface area contributed by atoms with Crippen LogP contribution < -0.4 is 4.74 Å². The van der Waals surface area contributed by atoms with Crippen LogP contribution in [0.3, 0.4) is 0 Å². The molecule has 0 bridgehead atoms. The molecule has 1 aromatic rings. The molecule has 1 aromatic carbocycles. The molecule has 3 rings (SSSR count). The summed E-state index contributed by atoms with van der Waals surface area (Å²) < 4.78 is 45.5. The third kappa shape index (κ3) is 9.02. The fraction of sp³-hybridized carbons (Fsp3) is 0.778. The van der Waals surface area contributed by atoms with E-state index < -0.39 is 12.7 Å². The highest BCUT2D eigenvalue weighted by molar-refractivity contribution is 9.10. The monoisotopic (exact) mass is 546 g/mol. The molecule has 1 aliphatic heterocycles. The van der Waals surface area contributed by atoms with E-state index in [1.807, 2.05) is 13.0 Å². The number of halogens is 4. The second-order valence-electron chi connectivity index (χ2n) is 10.6. The van der Waals surface area contributed by atoms with Crippen LogP contribution in [0.5, 0.6) is 5.75 Å². The van der Waals surface area contributed by atoms with E-state index in [4.69, 9.17) is 4.74 Å². The van der Waals surface area contributed by atoms with Gasteiger partial charge in [0.25, 0.3) is 0 Å². The van der Waals surface area contributed by atoms with Gasteiger partial charge in [0.1, 0.15) is 5.75 Å². The number of nitrogens with zero attached hydrogens (tertiary/aromatic N) is 2. The lowest BCUT2D eigenvalue weighted by atomic mass is 9.83. The first kappa shape index (κ1) is 27.8. The van der Waals surface area contributed by atoms with E-state index in [1.165, 1.54) is 29.3 Å². The van der Waals surface area contributed by atoms with Crippen molar-refractivity contribution in [1.29, 1.82) is 0 Å². The Kier molecular flexibility index (Phi) is 10.6. The molecule has 0 unspecified atom stereocenters. The Morgan fingerprint density at radius 2 is 1.74 bits per heavy atom. The number of benzene rings is 1. The van der Waals surface area contributed by atoms with Crippen LogP contribution in [-0.2, 0) is 6.42 Å². The summed E-state index contributed by atoms with van der Waals surface area (Å²) in [6, 6.07) is 6.41. The van der Waals surface area contributed by atoms with Crippen molar-refractivity contribution in [1.82, 2.24) is 9.80 Å². The third-order valence-corrected chi connectivity index (χ3v) is 8.35. The molecule has 1 saturated carbocycles. The van der Waals surface area contributed by atoms with Gasteiger partial charge in [0, 0.05) is 10.5 Å². The van der Waals surface area contributed by atoms with Crippen LogP contribution in [0, 0.1) is 11.8 Å². The molecule has 194 valence electrons. The molecule has 7 heteroatoms. The molecule has 0 N–H and O–H groups in total. The molecular formula is C27H42BrF3N2O. The van der Waals surface area contributed by atoms with E-state index in [-0.39, 0.29) is 12.1 Å². The van der Waals surface area contributed by atoms with Crippen molar-refractivity contribution < 1.29 is 17.9 Å². The van der Waals surface area contributed by atoms with E-state index in [2.05, 4.69) is 46.8 Å². The van der Waals surface area contributed by atoms with Gasteiger partial charge in [0.15, 0.2) is 0 Å². The molecular weight excluding hydrogens is 505 g/mol. The summed E-state index contributed by atoms with van der Waals surface area (Å²) >= 11 is 3.71. The maximum atomic E-state index is 12.8. The molecule has 0 aromatic heterocycles. The van der Waals surface area contributed by atoms with E-state index in [0.29, 0.717) is 18.4 Å². The summed E-state index contributed by atoms with van der Waals surface area (Å²) in [5.74, 6) is 2.31. The average molecular weight is 548 g/mol. The minimum Gasteiger partial charge on any atom is -0.491 e. The van der Waals surface area contributed by atoms with Crippen LogP contribution in [0.1, 0.15) is 71.3 Å². The lowest BCUT2D eigenvalue weighted by Gasteiger charge is -2.38. The highest BCUT2D eigenvalue weighted by Gasteiger charge is 2.34. The van der Waals surface area contributed by atoms with Gasteiger partial charge in [-0.3, -0.25) is 4.90 Å². The summed E-state index contributed by atoms with van der Waals surface area (Å²) in [7, 11) is 0. The minimum atomic E-state index is -4.10. The Hall–Kier alpha value is -0.790. The molecule has 1 aliphatic carbocycles. The number of likely N-dealkylation sites (tertiary alicyclic amines) is 1. The molecule has 1 heterocycles. The number of hydrogen-bond acceptors (Lipinski definition) is 3. The van der Waals surface area contributed by atoms with Crippen molar-refractivity contribution in [3.63, 3.8) is 0 Å². The number of rotatable bonds is 10. The molecule has 2 fully saturated rings. The quantitative estimate of drug-likeness (QED) is 0.305. The van der Waals surface area contributed by atoms with Crippen molar-refractivity contribution in [2.24, 2.45) is 11.8 Å².